The summed E-state index contributed by atoms with van der Waals surface area (Å²) < 4.78 is 5.34. The third kappa shape index (κ3) is 4.88. The van der Waals surface area contributed by atoms with Crippen LogP contribution in [-0.2, 0) is 4.74 Å². The van der Waals surface area contributed by atoms with Crippen molar-refractivity contribution in [3.8, 4) is 0 Å². The van der Waals surface area contributed by atoms with E-state index in [-0.39, 0.29) is 0 Å². The molecule has 4 heteroatoms. The van der Waals surface area contributed by atoms with E-state index in [0.717, 1.165) is 43.0 Å². The lowest BCUT2D eigenvalue weighted by Crippen LogP contribution is -2.25. The van der Waals surface area contributed by atoms with Crippen molar-refractivity contribution in [1.82, 2.24) is 5.32 Å². The summed E-state index contributed by atoms with van der Waals surface area (Å²) in [6.45, 7) is 3.99. The molecular weight excluding hydrogens is 254 g/mol. The molecule has 1 saturated heterocycles. The van der Waals surface area contributed by atoms with Gasteiger partial charge in [-0.2, -0.15) is 0 Å². The molecule has 2 rings (SSSR count). The Balaban J connectivity index is 1.55. The van der Waals surface area contributed by atoms with Gasteiger partial charge in [0.2, 0.25) is 0 Å². The van der Waals surface area contributed by atoms with Crippen molar-refractivity contribution < 1.29 is 4.74 Å². The van der Waals surface area contributed by atoms with E-state index in [1.54, 1.807) is 0 Å². The van der Waals surface area contributed by atoms with Gasteiger partial charge in [0, 0.05) is 35.4 Å². The highest BCUT2D eigenvalue weighted by Gasteiger charge is 2.14. The zero-order valence-corrected chi connectivity index (χ0v) is 11.4. The molecule has 0 bridgehead atoms. The molecule has 0 saturated carbocycles. The van der Waals surface area contributed by atoms with Gasteiger partial charge in [0.25, 0.3) is 0 Å². The Morgan fingerprint density at radius 2 is 2.18 bits per heavy atom. The smallest absolute Gasteiger partial charge is 0.0507 e. The summed E-state index contributed by atoms with van der Waals surface area (Å²) in [5, 5.41) is 4.28. The average Bonchev–Trinajstić information content (AvgIpc) is 2.84. The van der Waals surface area contributed by atoms with Crippen LogP contribution >= 0.6 is 23.4 Å². The maximum absolute atomic E-state index is 5.83. The van der Waals surface area contributed by atoms with Crippen LogP contribution in [0.4, 0.5) is 0 Å². The molecule has 0 aliphatic carbocycles. The number of halogens is 1. The van der Waals surface area contributed by atoms with Crippen LogP contribution in [0.3, 0.4) is 0 Å². The van der Waals surface area contributed by atoms with Gasteiger partial charge in [0.15, 0.2) is 0 Å². The summed E-state index contributed by atoms with van der Waals surface area (Å²) in [5.74, 6) is 1.81. The lowest BCUT2D eigenvalue weighted by Gasteiger charge is -2.08. The van der Waals surface area contributed by atoms with Crippen molar-refractivity contribution in [3.05, 3.63) is 29.3 Å². The first-order valence-corrected chi connectivity index (χ1v) is 7.38. The maximum Gasteiger partial charge on any atom is 0.0507 e. The summed E-state index contributed by atoms with van der Waals surface area (Å²) in [4.78, 5) is 1.28. The Morgan fingerprint density at radius 1 is 1.35 bits per heavy atom. The molecule has 0 spiro atoms. The van der Waals surface area contributed by atoms with E-state index in [1.165, 1.54) is 11.3 Å². The van der Waals surface area contributed by atoms with Crippen LogP contribution < -0.4 is 5.32 Å². The fraction of sp³-hybridized carbons (Fsp3) is 0.538. The largest absolute Gasteiger partial charge is 0.381 e. The first kappa shape index (κ1) is 13.2. The van der Waals surface area contributed by atoms with Crippen LogP contribution in [0.5, 0.6) is 0 Å². The molecule has 0 amide bonds. The van der Waals surface area contributed by atoms with E-state index in [1.807, 2.05) is 23.9 Å². The Bertz CT molecular complexity index is 325. The zero-order chi connectivity index (χ0) is 11.9. The number of hydrogen-bond acceptors (Lipinski definition) is 3. The molecule has 1 fully saturated rings. The second-order valence-corrected chi connectivity index (χ2v) is 5.84. The second-order valence-electron chi connectivity index (χ2n) is 4.24. The number of rotatable bonds is 6. The van der Waals surface area contributed by atoms with Crippen LogP contribution in [-0.4, -0.2) is 32.1 Å². The minimum absolute atomic E-state index is 0.718. The highest BCUT2D eigenvalue weighted by atomic mass is 35.5. The van der Waals surface area contributed by atoms with Crippen LogP contribution in [0, 0.1) is 5.92 Å². The van der Waals surface area contributed by atoms with E-state index in [4.69, 9.17) is 16.3 Å². The molecule has 1 aromatic rings. The lowest BCUT2D eigenvalue weighted by atomic mass is 10.1. The van der Waals surface area contributed by atoms with Crippen molar-refractivity contribution in [3.63, 3.8) is 0 Å². The molecular formula is C13H18ClNOS. The second kappa shape index (κ2) is 7.27. The van der Waals surface area contributed by atoms with Crippen molar-refractivity contribution in [2.75, 3.05) is 32.1 Å². The first-order chi connectivity index (χ1) is 8.34. The number of benzene rings is 1. The van der Waals surface area contributed by atoms with Gasteiger partial charge in [-0.15, -0.1) is 11.8 Å². The summed E-state index contributed by atoms with van der Waals surface area (Å²) in [7, 11) is 0. The normalized spacial score (nSPS) is 19.7. The fourth-order valence-corrected chi connectivity index (χ4v) is 2.76. The van der Waals surface area contributed by atoms with Crippen LogP contribution in [0.2, 0.25) is 5.02 Å². The predicted octanol–water partition coefficient (Wildman–Crippen LogP) is 3.06. The summed E-state index contributed by atoms with van der Waals surface area (Å²) in [6.07, 6.45) is 1.21. The van der Waals surface area contributed by atoms with E-state index in [0.29, 0.717) is 0 Å². The van der Waals surface area contributed by atoms with E-state index < -0.39 is 0 Å². The lowest BCUT2D eigenvalue weighted by molar-refractivity contribution is 0.185. The van der Waals surface area contributed by atoms with Crippen LogP contribution in [0.1, 0.15) is 6.42 Å². The highest BCUT2D eigenvalue weighted by Crippen LogP contribution is 2.19. The quantitative estimate of drug-likeness (QED) is 0.635. The number of nitrogens with one attached hydrogen (secondary N) is 1. The Hall–Kier alpha value is -0.220. The molecule has 2 nitrogen and oxygen atoms in total. The summed E-state index contributed by atoms with van der Waals surface area (Å²) in [5.41, 5.74) is 0. The minimum Gasteiger partial charge on any atom is -0.381 e. The van der Waals surface area contributed by atoms with Gasteiger partial charge in [-0.05, 0) is 36.6 Å². The molecule has 94 valence electrons. The van der Waals surface area contributed by atoms with Crippen molar-refractivity contribution >= 4 is 23.4 Å². The Morgan fingerprint density at radius 3 is 2.88 bits per heavy atom. The number of ether oxygens (including phenoxy) is 1. The Labute approximate surface area is 112 Å². The third-order valence-corrected chi connectivity index (χ3v) is 4.08. The van der Waals surface area contributed by atoms with E-state index in [9.17, 15) is 0 Å². The van der Waals surface area contributed by atoms with Crippen molar-refractivity contribution in [2.45, 2.75) is 11.3 Å². The molecule has 0 aromatic heterocycles. The van der Waals surface area contributed by atoms with Gasteiger partial charge in [-0.1, -0.05) is 11.6 Å². The highest BCUT2D eigenvalue weighted by molar-refractivity contribution is 7.99. The van der Waals surface area contributed by atoms with Gasteiger partial charge < -0.3 is 10.1 Å². The standard InChI is InChI=1S/C13H18ClNOS/c14-12-1-3-13(4-2-12)17-8-6-15-9-11-5-7-16-10-11/h1-4,11,15H,5-10H2. The monoisotopic (exact) mass is 271 g/mol. The molecule has 1 atom stereocenters. The van der Waals surface area contributed by atoms with Gasteiger partial charge in [0.1, 0.15) is 0 Å². The first-order valence-electron chi connectivity index (χ1n) is 6.01. The van der Waals surface area contributed by atoms with Gasteiger partial charge >= 0.3 is 0 Å². The summed E-state index contributed by atoms with van der Waals surface area (Å²) >= 11 is 7.69. The molecule has 1 heterocycles. The fourth-order valence-electron chi connectivity index (χ4n) is 1.82. The summed E-state index contributed by atoms with van der Waals surface area (Å²) in [6, 6.07) is 8.01. The van der Waals surface area contributed by atoms with Crippen molar-refractivity contribution in [2.24, 2.45) is 5.92 Å². The maximum atomic E-state index is 5.83. The van der Waals surface area contributed by atoms with E-state index >= 15 is 0 Å². The Kier molecular flexibility index (Phi) is 5.65. The molecule has 1 aliphatic rings. The molecule has 17 heavy (non-hydrogen) atoms. The predicted molar refractivity (Wildman–Crippen MR) is 74.0 cm³/mol. The number of hydrogen-bond donors (Lipinski definition) is 1. The topological polar surface area (TPSA) is 21.3 Å². The molecule has 1 aromatic carbocycles. The molecule has 1 unspecified atom stereocenters. The van der Waals surface area contributed by atoms with Gasteiger partial charge in [-0.25, -0.2) is 0 Å². The molecule has 1 N–H and O–H groups in total. The van der Waals surface area contributed by atoms with Crippen molar-refractivity contribution in [1.29, 1.82) is 0 Å². The van der Waals surface area contributed by atoms with Crippen LogP contribution in [0.25, 0.3) is 0 Å². The van der Waals surface area contributed by atoms with E-state index in [2.05, 4.69) is 17.4 Å². The SMILES string of the molecule is Clc1ccc(SCCNCC2CCOC2)cc1. The van der Waals surface area contributed by atoms with Crippen LogP contribution in [0.15, 0.2) is 29.2 Å². The zero-order valence-electron chi connectivity index (χ0n) is 9.82. The van der Waals surface area contributed by atoms with Gasteiger partial charge in [0.05, 0.1) is 6.61 Å². The van der Waals surface area contributed by atoms with Gasteiger partial charge in [-0.3, -0.25) is 0 Å². The minimum atomic E-state index is 0.718. The molecule has 1 aliphatic heterocycles. The third-order valence-electron chi connectivity index (χ3n) is 2.82. The molecule has 0 radical (unpaired) electrons. The average molecular weight is 272 g/mol. The number of thioether (sulfide) groups is 1.